The zero-order valence-corrected chi connectivity index (χ0v) is 15.4. The van der Waals surface area contributed by atoms with Crippen molar-refractivity contribution in [1.29, 1.82) is 0 Å². The minimum atomic E-state index is -0.985. The molecule has 9 heteroatoms. The van der Waals surface area contributed by atoms with Gasteiger partial charge in [0.2, 0.25) is 6.86 Å². The normalized spacial score (nSPS) is 10.3. The molecule has 0 saturated carbocycles. The fourth-order valence-corrected chi connectivity index (χ4v) is 2.59. The number of pyridine rings is 1. The highest BCUT2D eigenvalue weighted by Crippen LogP contribution is 2.37. The fourth-order valence-electron chi connectivity index (χ4n) is 2.59. The Bertz CT molecular complexity index is 1060. The first-order chi connectivity index (χ1) is 14.0. The van der Waals surface area contributed by atoms with Gasteiger partial charge in [-0.15, -0.1) is 4.91 Å². The van der Waals surface area contributed by atoms with Gasteiger partial charge in [0.15, 0.2) is 17.3 Å². The van der Waals surface area contributed by atoms with Crippen LogP contribution in [0.4, 0.5) is 21.6 Å². The molecule has 1 aromatic heterocycles. The van der Waals surface area contributed by atoms with Gasteiger partial charge in [0, 0.05) is 29.1 Å². The predicted octanol–water partition coefficient (Wildman–Crippen LogP) is 4.72. The molecule has 0 spiro atoms. The van der Waals surface area contributed by atoms with Crippen LogP contribution in [0.3, 0.4) is 0 Å². The third kappa shape index (κ3) is 4.46. The van der Waals surface area contributed by atoms with Gasteiger partial charge in [-0.25, -0.2) is 9.37 Å². The fraction of sp³-hybridized carbons (Fsp3) is 0.100. The van der Waals surface area contributed by atoms with Crippen molar-refractivity contribution in [3.8, 4) is 17.2 Å². The first kappa shape index (κ1) is 19.7. The second-order valence-electron chi connectivity index (χ2n) is 5.90. The van der Waals surface area contributed by atoms with E-state index in [0.29, 0.717) is 22.6 Å². The highest BCUT2D eigenvalue weighted by molar-refractivity contribution is 6.05. The summed E-state index contributed by atoms with van der Waals surface area (Å²) in [6, 6.07) is 12.7. The van der Waals surface area contributed by atoms with Crippen molar-refractivity contribution in [2.24, 2.45) is 5.18 Å². The maximum Gasteiger partial charge on any atom is 0.255 e. The number of ether oxygens (including phenoxy) is 2. The number of nitrogen functional groups attached to an aromatic ring is 1. The third-order valence-corrected chi connectivity index (χ3v) is 4.08. The lowest BCUT2D eigenvalue weighted by molar-refractivity contribution is 0.102. The number of anilines is 2. The Morgan fingerprint density at radius 2 is 2.00 bits per heavy atom. The minimum Gasteiger partial charge on any atom is -0.463 e. The number of rotatable bonds is 7. The van der Waals surface area contributed by atoms with E-state index in [9.17, 15) is 14.1 Å². The zero-order chi connectivity index (χ0) is 20.8. The van der Waals surface area contributed by atoms with Crippen LogP contribution in [-0.2, 0) is 0 Å². The highest BCUT2D eigenvalue weighted by atomic mass is 19.1. The van der Waals surface area contributed by atoms with E-state index in [1.807, 2.05) is 0 Å². The largest absolute Gasteiger partial charge is 0.463 e. The first-order valence-corrected chi connectivity index (χ1v) is 8.49. The van der Waals surface area contributed by atoms with Crippen LogP contribution in [0.25, 0.3) is 0 Å². The Morgan fingerprint density at radius 3 is 2.76 bits per heavy atom. The zero-order valence-electron chi connectivity index (χ0n) is 15.4. The number of halogens is 1. The van der Waals surface area contributed by atoms with Crippen LogP contribution in [0.1, 0.15) is 15.9 Å². The van der Waals surface area contributed by atoms with E-state index in [4.69, 9.17) is 15.2 Å². The van der Waals surface area contributed by atoms with E-state index >= 15 is 0 Å². The number of nitrogens with zero attached hydrogens (tertiary/aromatic N) is 2. The average molecular weight is 396 g/mol. The molecule has 2 aromatic carbocycles. The standard InChI is InChI=1S/C20H17FN4O4/c1-12-15(24-20(26)13-4-2-5-14(10-13)28-11-21)6-3-7-16(12)29-17-8-9-23-19(22)18(17)25-27/h2-10H,11H2,1H3,(H2,22,23)(H,24,26). The van der Waals surface area contributed by atoms with Crippen molar-refractivity contribution in [1.82, 2.24) is 4.98 Å². The Morgan fingerprint density at radius 1 is 1.21 bits per heavy atom. The van der Waals surface area contributed by atoms with E-state index in [1.165, 1.54) is 18.3 Å². The molecule has 3 N–H and O–H groups in total. The molecule has 148 valence electrons. The molecule has 0 radical (unpaired) electrons. The van der Waals surface area contributed by atoms with Crippen LogP contribution in [0.5, 0.6) is 17.2 Å². The van der Waals surface area contributed by atoms with Crippen LogP contribution < -0.4 is 20.5 Å². The molecule has 0 aliphatic heterocycles. The Labute approximate surface area is 165 Å². The van der Waals surface area contributed by atoms with Gasteiger partial charge in [0.05, 0.1) is 0 Å². The van der Waals surface area contributed by atoms with Crippen molar-refractivity contribution in [3.63, 3.8) is 0 Å². The Hall–Kier alpha value is -4.01. The molecule has 3 aromatic rings. The SMILES string of the molecule is Cc1c(NC(=O)c2cccc(OCF)c2)cccc1Oc1ccnc(N)c1N=O. The maximum absolute atomic E-state index is 12.6. The monoisotopic (exact) mass is 396 g/mol. The summed E-state index contributed by atoms with van der Waals surface area (Å²) in [6.07, 6.45) is 1.40. The molecule has 0 bridgehead atoms. The molecular weight excluding hydrogens is 379 g/mol. The van der Waals surface area contributed by atoms with Crippen molar-refractivity contribution in [2.45, 2.75) is 6.92 Å². The summed E-state index contributed by atoms with van der Waals surface area (Å²) in [5, 5.41) is 5.63. The number of nitrogens with two attached hydrogens (primary N) is 1. The molecule has 0 aliphatic rings. The van der Waals surface area contributed by atoms with Crippen molar-refractivity contribution in [2.75, 3.05) is 17.9 Å². The van der Waals surface area contributed by atoms with E-state index in [0.717, 1.165) is 0 Å². The van der Waals surface area contributed by atoms with Gasteiger partial charge >= 0.3 is 0 Å². The van der Waals surface area contributed by atoms with E-state index in [1.54, 1.807) is 43.3 Å². The Balaban J connectivity index is 1.84. The number of carbonyl (C=O) groups is 1. The molecule has 0 unspecified atom stereocenters. The summed E-state index contributed by atoms with van der Waals surface area (Å²) in [6.45, 7) is 0.757. The van der Waals surface area contributed by atoms with Gasteiger partial charge in [-0.3, -0.25) is 4.79 Å². The summed E-state index contributed by atoms with van der Waals surface area (Å²) in [5.74, 6) is 0.342. The number of amides is 1. The number of carbonyl (C=O) groups excluding carboxylic acids is 1. The van der Waals surface area contributed by atoms with Gasteiger partial charge in [-0.1, -0.05) is 12.1 Å². The molecule has 8 nitrogen and oxygen atoms in total. The van der Waals surface area contributed by atoms with Crippen molar-refractivity contribution in [3.05, 3.63) is 70.8 Å². The summed E-state index contributed by atoms with van der Waals surface area (Å²) in [5.41, 5.74) is 6.95. The number of benzene rings is 2. The first-order valence-electron chi connectivity index (χ1n) is 8.49. The second-order valence-corrected chi connectivity index (χ2v) is 5.90. The van der Waals surface area contributed by atoms with E-state index < -0.39 is 12.8 Å². The molecular formula is C20H17FN4O4. The molecule has 1 amide bonds. The summed E-state index contributed by atoms with van der Waals surface area (Å²) >= 11 is 0. The lowest BCUT2D eigenvalue weighted by Crippen LogP contribution is -2.13. The molecule has 0 saturated heterocycles. The summed E-state index contributed by atoms with van der Waals surface area (Å²) in [4.78, 5) is 27.4. The van der Waals surface area contributed by atoms with Crippen molar-refractivity contribution >= 4 is 23.1 Å². The molecule has 0 fully saturated rings. The number of hydrogen-bond donors (Lipinski definition) is 2. The maximum atomic E-state index is 12.6. The summed E-state index contributed by atoms with van der Waals surface area (Å²) in [7, 11) is 0. The van der Waals surface area contributed by atoms with Crippen LogP contribution >= 0.6 is 0 Å². The van der Waals surface area contributed by atoms with Crippen LogP contribution in [-0.4, -0.2) is 17.8 Å². The third-order valence-electron chi connectivity index (χ3n) is 4.08. The lowest BCUT2D eigenvalue weighted by atomic mass is 10.1. The number of aromatic nitrogens is 1. The van der Waals surface area contributed by atoms with Gasteiger partial charge in [0.1, 0.15) is 11.5 Å². The van der Waals surface area contributed by atoms with Gasteiger partial charge in [-0.05, 0) is 42.4 Å². The van der Waals surface area contributed by atoms with E-state index in [2.05, 4.69) is 15.5 Å². The highest BCUT2D eigenvalue weighted by Gasteiger charge is 2.15. The van der Waals surface area contributed by atoms with Crippen LogP contribution in [0, 0.1) is 11.8 Å². The van der Waals surface area contributed by atoms with Gasteiger partial charge in [-0.2, -0.15) is 0 Å². The quantitative estimate of drug-likeness (QED) is 0.558. The number of nitrogens with one attached hydrogen (secondary N) is 1. The average Bonchev–Trinajstić information content (AvgIpc) is 2.71. The molecule has 0 atom stereocenters. The smallest absolute Gasteiger partial charge is 0.255 e. The second kappa shape index (κ2) is 8.79. The van der Waals surface area contributed by atoms with Gasteiger partial charge < -0.3 is 20.5 Å². The molecule has 3 rings (SSSR count). The molecule has 0 aliphatic carbocycles. The van der Waals surface area contributed by atoms with Crippen LogP contribution in [0.2, 0.25) is 0 Å². The van der Waals surface area contributed by atoms with E-state index in [-0.39, 0.29) is 23.0 Å². The van der Waals surface area contributed by atoms with Crippen LogP contribution in [0.15, 0.2) is 59.9 Å². The number of nitroso groups, excluding NO2 is 1. The minimum absolute atomic E-state index is 0.0463. The lowest BCUT2D eigenvalue weighted by Gasteiger charge is -2.14. The molecule has 1 heterocycles. The number of alkyl halides is 1. The summed E-state index contributed by atoms with van der Waals surface area (Å²) < 4.78 is 22.9. The van der Waals surface area contributed by atoms with Gasteiger partial charge in [0.25, 0.3) is 5.91 Å². The number of hydrogen-bond acceptors (Lipinski definition) is 7. The Kier molecular flexibility index (Phi) is 5.98. The molecule has 29 heavy (non-hydrogen) atoms. The van der Waals surface area contributed by atoms with Crippen molar-refractivity contribution < 1.29 is 18.7 Å². The topological polar surface area (TPSA) is 116 Å². The predicted molar refractivity (Wildman–Crippen MR) is 106 cm³/mol.